The molecule has 2 unspecified atom stereocenters. The molecule has 1 aromatic rings. The van der Waals surface area contributed by atoms with Gasteiger partial charge in [-0.3, -0.25) is 9.78 Å². The number of carbonyl (C=O) groups is 1. The van der Waals surface area contributed by atoms with Crippen LogP contribution >= 0.6 is 0 Å². The van der Waals surface area contributed by atoms with E-state index in [0.717, 1.165) is 30.6 Å². The number of hydrogen-bond donors (Lipinski definition) is 2. The highest BCUT2D eigenvalue weighted by Gasteiger charge is 2.31. The van der Waals surface area contributed by atoms with Gasteiger partial charge in [0.15, 0.2) is 0 Å². The summed E-state index contributed by atoms with van der Waals surface area (Å²) in [7, 11) is 0. The van der Waals surface area contributed by atoms with Crippen LogP contribution in [-0.4, -0.2) is 17.4 Å². The highest BCUT2D eigenvalue weighted by atomic mass is 16.1. The van der Waals surface area contributed by atoms with Gasteiger partial charge in [0.05, 0.1) is 0 Å². The molecule has 2 atom stereocenters. The average Bonchev–Trinajstić information content (AvgIpc) is 2.77. The molecule has 2 rings (SSSR count). The van der Waals surface area contributed by atoms with Crippen LogP contribution in [0, 0.1) is 18.8 Å². The summed E-state index contributed by atoms with van der Waals surface area (Å²) in [4.78, 5) is 16.2. The van der Waals surface area contributed by atoms with Crippen molar-refractivity contribution in [1.82, 2.24) is 4.98 Å². The van der Waals surface area contributed by atoms with Gasteiger partial charge in [-0.05, 0) is 44.4 Å². The second-order valence-electron chi connectivity index (χ2n) is 4.71. The third-order valence-corrected chi connectivity index (χ3v) is 3.46. The molecule has 1 aromatic heterocycles. The molecule has 4 nitrogen and oxygen atoms in total. The van der Waals surface area contributed by atoms with Gasteiger partial charge in [0.1, 0.15) is 0 Å². The molecular formula is C13H19N3O. The van der Waals surface area contributed by atoms with Crippen molar-refractivity contribution in [2.75, 3.05) is 11.9 Å². The van der Waals surface area contributed by atoms with Crippen molar-refractivity contribution in [3.63, 3.8) is 0 Å². The number of carbonyl (C=O) groups excluding carboxylic acids is 1. The molecule has 0 aliphatic heterocycles. The molecule has 17 heavy (non-hydrogen) atoms. The number of aromatic nitrogens is 1. The van der Waals surface area contributed by atoms with E-state index < -0.39 is 0 Å². The summed E-state index contributed by atoms with van der Waals surface area (Å²) in [5.74, 6) is 0.523. The minimum absolute atomic E-state index is 0.0773. The molecule has 92 valence electrons. The molecule has 0 bridgehead atoms. The lowest BCUT2D eigenvalue weighted by atomic mass is 9.95. The van der Waals surface area contributed by atoms with Crippen LogP contribution in [0.4, 0.5) is 5.69 Å². The van der Waals surface area contributed by atoms with Crippen LogP contribution in [0.2, 0.25) is 0 Å². The average molecular weight is 233 g/mol. The number of pyridine rings is 1. The Kier molecular flexibility index (Phi) is 3.74. The van der Waals surface area contributed by atoms with Gasteiger partial charge in [-0.1, -0.05) is 6.42 Å². The van der Waals surface area contributed by atoms with Crippen molar-refractivity contribution in [1.29, 1.82) is 0 Å². The zero-order chi connectivity index (χ0) is 12.3. The zero-order valence-corrected chi connectivity index (χ0v) is 10.1. The maximum atomic E-state index is 12.1. The van der Waals surface area contributed by atoms with E-state index in [0.29, 0.717) is 12.5 Å². The SMILES string of the molecule is Cc1cc(NC(=O)C2CCCC2CN)ccn1. The first-order valence-corrected chi connectivity index (χ1v) is 6.14. The van der Waals surface area contributed by atoms with E-state index in [1.807, 2.05) is 19.1 Å². The van der Waals surface area contributed by atoms with Crippen molar-refractivity contribution in [2.45, 2.75) is 26.2 Å². The van der Waals surface area contributed by atoms with E-state index >= 15 is 0 Å². The predicted molar refractivity (Wildman–Crippen MR) is 67.5 cm³/mol. The number of nitrogens with zero attached hydrogens (tertiary/aromatic N) is 1. The van der Waals surface area contributed by atoms with E-state index in [1.165, 1.54) is 0 Å². The van der Waals surface area contributed by atoms with Crippen molar-refractivity contribution >= 4 is 11.6 Å². The fraction of sp³-hybridized carbons (Fsp3) is 0.538. The Morgan fingerprint density at radius 3 is 3.12 bits per heavy atom. The third-order valence-electron chi connectivity index (χ3n) is 3.46. The number of amides is 1. The van der Waals surface area contributed by atoms with Gasteiger partial charge in [-0.2, -0.15) is 0 Å². The fourth-order valence-corrected chi connectivity index (χ4v) is 2.52. The van der Waals surface area contributed by atoms with Crippen LogP contribution in [0.25, 0.3) is 0 Å². The number of nitrogens with two attached hydrogens (primary N) is 1. The van der Waals surface area contributed by atoms with E-state index in [4.69, 9.17) is 5.73 Å². The van der Waals surface area contributed by atoms with Gasteiger partial charge in [-0.25, -0.2) is 0 Å². The van der Waals surface area contributed by atoms with Crippen LogP contribution in [0.5, 0.6) is 0 Å². The van der Waals surface area contributed by atoms with Crippen LogP contribution in [-0.2, 0) is 4.79 Å². The first-order chi connectivity index (χ1) is 8.20. The summed E-state index contributed by atoms with van der Waals surface area (Å²) >= 11 is 0. The molecular weight excluding hydrogens is 214 g/mol. The molecule has 1 saturated carbocycles. The number of hydrogen-bond acceptors (Lipinski definition) is 3. The molecule has 0 spiro atoms. The Bertz CT molecular complexity index is 405. The van der Waals surface area contributed by atoms with Gasteiger partial charge < -0.3 is 11.1 Å². The topological polar surface area (TPSA) is 68.0 Å². The number of nitrogens with one attached hydrogen (secondary N) is 1. The van der Waals surface area contributed by atoms with Crippen LogP contribution in [0.3, 0.4) is 0 Å². The summed E-state index contributed by atoms with van der Waals surface area (Å²) in [5, 5.41) is 2.95. The first-order valence-electron chi connectivity index (χ1n) is 6.14. The van der Waals surface area contributed by atoms with Gasteiger partial charge in [0.2, 0.25) is 5.91 Å². The lowest BCUT2D eigenvalue weighted by molar-refractivity contribution is -0.120. The van der Waals surface area contributed by atoms with Gasteiger partial charge in [0, 0.05) is 23.5 Å². The number of anilines is 1. The summed E-state index contributed by atoms with van der Waals surface area (Å²) in [6.07, 6.45) is 4.84. The Morgan fingerprint density at radius 1 is 1.59 bits per heavy atom. The molecule has 4 heteroatoms. The van der Waals surface area contributed by atoms with E-state index in [2.05, 4.69) is 10.3 Å². The lowest BCUT2D eigenvalue weighted by Gasteiger charge is -2.17. The van der Waals surface area contributed by atoms with E-state index in [-0.39, 0.29) is 11.8 Å². The molecule has 0 radical (unpaired) electrons. The first kappa shape index (κ1) is 12.0. The molecule has 1 fully saturated rings. The summed E-state index contributed by atoms with van der Waals surface area (Å²) in [6.45, 7) is 2.52. The van der Waals surface area contributed by atoms with Crippen molar-refractivity contribution < 1.29 is 4.79 Å². The van der Waals surface area contributed by atoms with E-state index in [1.54, 1.807) is 6.20 Å². The Labute approximate surface area is 102 Å². The minimum Gasteiger partial charge on any atom is -0.330 e. The second kappa shape index (κ2) is 5.27. The third kappa shape index (κ3) is 2.82. The Balaban J connectivity index is 2.01. The molecule has 1 aliphatic rings. The zero-order valence-electron chi connectivity index (χ0n) is 10.1. The number of aryl methyl sites for hydroxylation is 1. The Morgan fingerprint density at radius 2 is 2.41 bits per heavy atom. The van der Waals surface area contributed by atoms with Gasteiger partial charge in [0.25, 0.3) is 0 Å². The summed E-state index contributed by atoms with van der Waals surface area (Å²) in [5.41, 5.74) is 7.42. The van der Waals surface area contributed by atoms with Crippen LogP contribution in [0.1, 0.15) is 25.0 Å². The van der Waals surface area contributed by atoms with Gasteiger partial charge in [-0.15, -0.1) is 0 Å². The highest BCUT2D eigenvalue weighted by Crippen LogP contribution is 2.31. The molecule has 1 heterocycles. The maximum absolute atomic E-state index is 12.1. The van der Waals surface area contributed by atoms with Crippen molar-refractivity contribution in [3.8, 4) is 0 Å². The van der Waals surface area contributed by atoms with Crippen LogP contribution in [0.15, 0.2) is 18.3 Å². The predicted octanol–water partition coefficient (Wildman–Crippen LogP) is 1.70. The summed E-state index contributed by atoms with van der Waals surface area (Å²) < 4.78 is 0. The summed E-state index contributed by atoms with van der Waals surface area (Å²) in [6, 6.07) is 3.70. The molecule has 1 aliphatic carbocycles. The standard InChI is InChI=1S/C13H19N3O/c1-9-7-11(5-6-15-9)16-13(17)12-4-2-3-10(12)8-14/h5-7,10,12H,2-4,8,14H2,1H3,(H,15,16,17). The lowest BCUT2D eigenvalue weighted by Crippen LogP contribution is -2.29. The smallest absolute Gasteiger partial charge is 0.227 e. The fourth-order valence-electron chi connectivity index (χ4n) is 2.52. The molecule has 3 N–H and O–H groups in total. The largest absolute Gasteiger partial charge is 0.330 e. The van der Waals surface area contributed by atoms with Crippen LogP contribution < -0.4 is 11.1 Å². The normalized spacial score (nSPS) is 23.6. The maximum Gasteiger partial charge on any atom is 0.227 e. The second-order valence-corrected chi connectivity index (χ2v) is 4.71. The molecule has 0 saturated heterocycles. The molecule has 0 aromatic carbocycles. The minimum atomic E-state index is 0.0773. The quantitative estimate of drug-likeness (QED) is 0.835. The van der Waals surface area contributed by atoms with Crippen molar-refractivity contribution in [3.05, 3.63) is 24.0 Å². The number of rotatable bonds is 3. The Hall–Kier alpha value is -1.42. The van der Waals surface area contributed by atoms with Gasteiger partial charge >= 0.3 is 0 Å². The van der Waals surface area contributed by atoms with E-state index in [9.17, 15) is 4.79 Å². The monoisotopic (exact) mass is 233 g/mol. The van der Waals surface area contributed by atoms with Crippen molar-refractivity contribution in [2.24, 2.45) is 17.6 Å². The highest BCUT2D eigenvalue weighted by molar-refractivity contribution is 5.92. The molecule has 1 amide bonds.